The SMILES string of the molecule is CC1OC(OC2C(Oc3c(-c4ccc(O)cc4)oc4cc(O)cc(O)c4c3=O)OC(COC3OCC(O)C(O)C3O)C(O)C2O)C(O)C(O)C1O. The first-order valence-electron chi connectivity index (χ1n) is 15.8. The zero-order valence-electron chi connectivity index (χ0n) is 26.6. The van der Waals surface area contributed by atoms with Crippen LogP contribution in [0.1, 0.15) is 6.92 Å². The fourth-order valence-corrected chi connectivity index (χ4v) is 5.97. The van der Waals surface area contributed by atoms with Crippen LogP contribution in [0.5, 0.6) is 23.0 Å². The molecular weight excluding hydrogens is 688 g/mol. The molecule has 6 rings (SSSR count). The van der Waals surface area contributed by atoms with E-state index < -0.39 is 127 Å². The second kappa shape index (κ2) is 14.8. The van der Waals surface area contributed by atoms with Gasteiger partial charge in [-0.15, -0.1) is 0 Å². The fourth-order valence-electron chi connectivity index (χ4n) is 5.97. The lowest BCUT2D eigenvalue weighted by Crippen LogP contribution is -2.65. The lowest BCUT2D eigenvalue weighted by Gasteiger charge is -2.46. The number of aliphatic hydroxyl groups is 8. The minimum absolute atomic E-state index is 0.138. The van der Waals surface area contributed by atoms with Gasteiger partial charge in [0, 0.05) is 17.7 Å². The predicted octanol–water partition coefficient (Wildman–Crippen LogP) is -2.93. The summed E-state index contributed by atoms with van der Waals surface area (Å²) in [6.45, 7) is 0.301. The maximum atomic E-state index is 14.0. The van der Waals surface area contributed by atoms with E-state index >= 15 is 0 Å². The van der Waals surface area contributed by atoms with Crippen molar-refractivity contribution in [3.8, 4) is 34.3 Å². The molecule has 19 nitrogen and oxygen atoms in total. The van der Waals surface area contributed by atoms with Crippen LogP contribution in [0, 0.1) is 0 Å². The summed E-state index contributed by atoms with van der Waals surface area (Å²) in [6.07, 6.45) is -23.5. The van der Waals surface area contributed by atoms with Gasteiger partial charge in [0.15, 0.2) is 24.4 Å². The number of aromatic hydroxyl groups is 3. The zero-order chi connectivity index (χ0) is 36.9. The normalized spacial score (nSPS) is 37.4. The Labute approximate surface area is 287 Å². The summed E-state index contributed by atoms with van der Waals surface area (Å²) >= 11 is 0. The first-order chi connectivity index (χ1) is 24.2. The summed E-state index contributed by atoms with van der Waals surface area (Å²) in [4.78, 5) is 14.0. The maximum Gasteiger partial charge on any atom is 0.239 e. The number of benzene rings is 2. The molecule has 0 aliphatic carbocycles. The van der Waals surface area contributed by atoms with Crippen molar-refractivity contribution in [2.75, 3.05) is 13.2 Å². The molecule has 4 heterocycles. The van der Waals surface area contributed by atoms with Crippen LogP contribution in [0.2, 0.25) is 0 Å². The Morgan fingerprint density at radius 3 is 2.14 bits per heavy atom. The van der Waals surface area contributed by atoms with Gasteiger partial charge in [0.25, 0.3) is 0 Å². The quantitative estimate of drug-likeness (QED) is 0.111. The first-order valence-corrected chi connectivity index (χ1v) is 15.8. The number of phenolic OH excluding ortho intramolecular Hbond substituents is 3. The van der Waals surface area contributed by atoms with Crippen molar-refractivity contribution in [1.82, 2.24) is 0 Å². The Balaban J connectivity index is 1.38. The van der Waals surface area contributed by atoms with Gasteiger partial charge >= 0.3 is 0 Å². The van der Waals surface area contributed by atoms with Gasteiger partial charge in [-0.3, -0.25) is 4.79 Å². The third kappa shape index (κ3) is 7.22. The lowest BCUT2D eigenvalue weighted by molar-refractivity contribution is -0.358. The van der Waals surface area contributed by atoms with Gasteiger partial charge in [-0.25, -0.2) is 0 Å². The average molecular weight is 727 g/mol. The van der Waals surface area contributed by atoms with Gasteiger partial charge < -0.3 is 89.0 Å². The molecule has 19 heteroatoms. The smallest absolute Gasteiger partial charge is 0.239 e. The Kier molecular flexibility index (Phi) is 10.7. The summed E-state index contributed by atoms with van der Waals surface area (Å²) in [7, 11) is 0. The highest BCUT2D eigenvalue weighted by atomic mass is 16.8. The topological polar surface area (TPSA) is 308 Å². The molecule has 3 fully saturated rings. The number of fused-ring (bicyclic) bond motifs is 1. The van der Waals surface area contributed by atoms with Crippen LogP contribution in [0.25, 0.3) is 22.3 Å². The second-order valence-electron chi connectivity index (χ2n) is 12.5. The largest absolute Gasteiger partial charge is 0.508 e. The number of hydrogen-bond donors (Lipinski definition) is 11. The highest BCUT2D eigenvalue weighted by Crippen LogP contribution is 2.38. The van der Waals surface area contributed by atoms with E-state index in [9.17, 15) is 61.0 Å². The predicted molar refractivity (Wildman–Crippen MR) is 165 cm³/mol. The molecule has 3 aromatic rings. The summed E-state index contributed by atoms with van der Waals surface area (Å²) in [6, 6.07) is 7.16. The second-order valence-corrected chi connectivity index (χ2v) is 12.5. The van der Waals surface area contributed by atoms with E-state index in [1.165, 1.54) is 31.2 Å². The zero-order valence-corrected chi connectivity index (χ0v) is 26.6. The number of aliphatic hydroxyl groups excluding tert-OH is 8. The average Bonchev–Trinajstić information content (AvgIpc) is 3.09. The number of rotatable bonds is 8. The van der Waals surface area contributed by atoms with Crippen LogP contribution in [0.3, 0.4) is 0 Å². The number of ether oxygens (including phenoxy) is 6. The molecule has 0 amide bonds. The van der Waals surface area contributed by atoms with Crippen molar-refractivity contribution >= 4 is 11.0 Å². The minimum Gasteiger partial charge on any atom is -0.508 e. The monoisotopic (exact) mass is 726 g/mol. The molecule has 3 saturated heterocycles. The fraction of sp³-hybridized carbons (Fsp3) is 0.531. The van der Waals surface area contributed by atoms with Crippen molar-refractivity contribution in [3.05, 3.63) is 46.6 Å². The molecule has 1 aromatic heterocycles. The van der Waals surface area contributed by atoms with Crippen molar-refractivity contribution < 1.29 is 89.0 Å². The molecule has 51 heavy (non-hydrogen) atoms. The standard InChI is InChI=1S/C32H38O19/c1-10-19(37)23(41)26(44)31(47-10)51-29-24(42)21(39)17(9-46-30-25(43)20(38)15(36)8-45-30)49-32(29)50-28-22(40)18-14(35)6-13(34)7-16(18)48-27(28)11-2-4-12(33)5-3-11/h2-7,10,15,17,19-21,23-26,29-39,41-44H,8-9H2,1H3. The van der Waals surface area contributed by atoms with Gasteiger partial charge in [-0.1, -0.05) is 0 Å². The van der Waals surface area contributed by atoms with Crippen molar-refractivity contribution in [2.45, 2.75) is 92.9 Å². The summed E-state index contributed by atoms with van der Waals surface area (Å²) in [5.41, 5.74) is -1.15. The molecular formula is C32H38O19. The maximum absolute atomic E-state index is 14.0. The molecule has 0 spiro atoms. The minimum atomic E-state index is -1.99. The van der Waals surface area contributed by atoms with Crippen LogP contribution in [0.4, 0.5) is 0 Å². The van der Waals surface area contributed by atoms with Crippen molar-refractivity contribution in [3.63, 3.8) is 0 Å². The van der Waals surface area contributed by atoms with Crippen molar-refractivity contribution in [1.29, 1.82) is 0 Å². The summed E-state index contributed by atoms with van der Waals surface area (Å²) in [5, 5.41) is 114. The van der Waals surface area contributed by atoms with Crippen LogP contribution >= 0.6 is 0 Å². The van der Waals surface area contributed by atoms with E-state index in [0.29, 0.717) is 0 Å². The highest BCUT2D eigenvalue weighted by molar-refractivity contribution is 5.88. The number of hydrogen-bond acceptors (Lipinski definition) is 19. The highest BCUT2D eigenvalue weighted by Gasteiger charge is 2.52. The van der Waals surface area contributed by atoms with Crippen LogP contribution in [-0.4, -0.2) is 155 Å². The molecule has 11 N–H and O–H groups in total. The summed E-state index contributed by atoms with van der Waals surface area (Å²) < 4.78 is 39.9. The van der Waals surface area contributed by atoms with E-state index in [0.717, 1.165) is 12.1 Å². The molecule has 14 atom stereocenters. The molecule has 2 aromatic carbocycles. The Morgan fingerprint density at radius 1 is 0.745 bits per heavy atom. The first kappa shape index (κ1) is 37.1. The molecule has 0 saturated carbocycles. The van der Waals surface area contributed by atoms with E-state index in [2.05, 4.69) is 0 Å². The van der Waals surface area contributed by atoms with Crippen LogP contribution < -0.4 is 10.2 Å². The van der Waals surface area contributed by atoms with Gasteiger partial charge in [0.1, 0.15) is 83.2 Å². The third-order valence-electron chi connectivity index (χ3n) is 8.90. The number of phenols is 3. The van der Waals surface area contributed by atoms with Gasteiger partial charge in [0.2, 0.25) is 17.5 Å². The van der Waals surface area contributed by atoms with E-state index in [-0.39, 0.29) is 22.7 Å². The lowest BCUT2D eigenvalue weighted by atomic mass is 9.97. The van der Waals surface area contributed by atoms with Gasteiger partial charge in [-0.05, 0) is 31.2 Å². The molecule has 3 aliphatic rings. The van der Waals surface area contributed by atoms with Gasteiger partial charge in [0.05, 0.1) is 19.3 Å². The van der Waals surface area contributed by atoms with E-state index in [1.807, 2.05) is 0 Å². The van der Waals surface area contributed by atoms with Gasteiger partial charge in [-0.2, -0.15) is 0 Å². The Bertz CT molecular complexity index is 1730. The van der Waals surface area contributed by atoms with Crippen molar-refractivity contribution in [2.24, 2.45) is 0 Å². The van der Waals surface area contributed by atoms with Crippen LogP contribution in [0.15, 0.2) is 45.6 Å². The summed E-state index contributed by atoms with van der Waals surface area (Å²) in [5.74, 6) is -2.27. The molecule has 0 radical (unpaired) electrons. The molecule has 280 valence electrons. The van der Waals surface area contributed by atoms with Crippen LogP contribution in [-0.2, 0) is 23.7 Å². The molecule has 14 unspecified atom stereocenters. The molecule has 3 aliphatic heterocycles. The Morgan fingerprint density at radius 2 is 1.43 bits per heavy atom. The third-order valence-corrected chi connectivity index (χ3v) is 8.90. The Hall–Kier alpha value is -3.67. The molecule has 0 bridgehead atoms. The van der Waals surface area contributed by atoms with E-state index in [4.69, 9.17) is 32.8 Å². The van der Waals surface area contributed by atoms with E-state index in [1.54, 1.807) is 0 Å².